The number of carbonyl (C=O) groups is 1. The van der Waals surface area contributed by atoms with Crippen molar-refractivity contribution < 1.29 is 4.79 Å². The van der Waals surface area contributed by atoms with Crippen molar-refractivity contribution in [1.82, 2.24) is 19.6 Å². The molecule has 8 heteroatoms. The van der Waals surface area contributed by atoms with Gasteiger partial charge in [0.15, 0.2) is 0 Å². The van der Waals surface area contributed by atoms with Crippen LogP contribution in [-0.2, 0) is 11.3 Å². The molecule has 0 aliphatic carbocycles. The maximum atomic E-state index is 12.5. The first-order valence-corrected chi connectivity index (χ1v) is 8.47. The first-order chi connectivity index (χ1) is 11.9. The average Bonchev–Trinajstić information content (AvgIpc) is 3.12. The minimum atomic E-state index is -0.472. The summed E-state index contributed by atoms with van der Waals surface area (Å²) in [6, 6.07) is 7.12. The van der Waals surface area contributed by atoms with Gasteiger partial charge in [0.1, 0.15) is 6.04 Å². The molecule has 0 spiro atoms. The van der Waals surface area contributed by atoms with Crippen LogP contribution in [0.3, 0.4) is 0 Å². The summed E-state index contributed by atoms with van der Waals surface area (Å²) in [5.41, 5.74) is 2.41. The molecule has 3 rings (SSSR count). The fourth-order valence-corrected chi connectivity index (χ4v) is 2.68. The second kappa shape index (κ2) is 7.29. The molecular formula is C17H17Cl2N5O. The van der Waals surface area contributed by atoms with E-state index in [2.05, 4.69) is 15.5 Å². The van der Waals surface area contributed by atoms with Crippen LogP contribution >= 0.6 is 23.2 Å². The number of amides is 1. The van der Waals surface area contributed by atoms with Crippen molar-refractivity contribution >= 4 is 34.8 Å². The van der Waals surface area contributed by atoms with Crippen LogP contribution in [0.4, 0.5) is 5.69 Å². The van der Waals surface area contributed by atoms with E-state index in [1.165, 1.54) is 0 Å². The Morgan fingerprint density at radius 1 is 1.32 bits per heavy atom. The van der Waals surface area contributed by atoms with Gasteiger partial charge in [-0.3, -0.25) is 14.2 Å². The zero-order chi connectivity index (χ0) is 18.0. The summed E-state index contributed by atoms with van der Waals surface area (Å²) in [6.45, 7) is 4.14. The minimum Gasteiger partial charge on any atom is -0.324 e. The van der Waals surface area contributed by atoms with Crippen LogP contribution in [0.15, 0.2) is 42.9 Å². The number of nitrogens with zero attached hydrogens (tertiary/aromatic N) is 4. The molecule has 2 heterocycles. The van der Waals surface area contributed by atoms with E-state index in [0.29, 0.717) is 28.0 Å². The third-order valence-electron chi connectivity index (χ3n) is 3.77. The summed E-state index contributed by atoms with van der Waals surface area (Å²) in [6.07, 6.45) is 4.99. The highest BCUT2D eigenvalue weighted by Crippen LogP contribution is 2.18. The quantitative estimate of drug-likeness (QED) is 0.731. The Kier molecular flexibility index (Phi) is 5.11. The van der Waals surface area contributed by atoms with Gasteiger partial charge in [-0.05, 0) is 31.5 Å². The van der Waals surface area contributed by atoms with Gasteiger partial charge in [0.05, 0.1) is 28.5 Å². The molecule has 0 fully saturated rings. The number of aryl methyl sites for hydroxylation is 1. The lowest BCUT2D eigenvalue weighted by Crippen LogP contribution is -2.24. The predicted octanol–water partition coefficient (Wildman–Crippen LogP) is 3.94. The van der Waals surface area contributed by atoms with Gasteiger partial charge in [-0.25, -0.2) is 0 Å². The smallest absolute Gasteiger partial charge is 0.248 e. The Labute approximate surface area is 155 Å². The molecule has 25 heavy (non-hydrogen) atoms. The first kappa shape index (κ1) is 17.5. The van der Waals surface area contributed by atoms with E-state index >= 15 is 0 Å². The van der Waals surface area contributed by atoms with E-state index in [9.17, 15) is 4.79 Å². The summed E-state index contributed by atoms with van der Waals surface area (Å²) in [5, 5.41) is 12.4. The van der Waals surface area contributed by atoms with E-state index in [1.54, 1.807) is 41.8 Å². The number of carbonyl (C=O) groups excluding carboxylic acids is 1. The molecule has 1 aromatic carbocycles. The zero-order valence-electron chi connectivity index (χ0n) is 13.8. The van der Waals surface area contributed by atoms with Crippen LogP contribution in [0.1, 0.15) is 24.2 Å². The molecule has 0 aliphatic heterocycles. The molecule has 0 saturated carbocycles. The highest BCUT2D eigenvalue weighted by Gasteiger charge is 2.17. The number of hydrogen-bond acceptors (Lipinski definition) is 3. The van der Waals surface area contributed by atoms with Crippen molar-refractivity contribution in [3.05, 3.63) is 64.2 Å². The van der Waals surface area contributed by atoms with Gasteiger partial charge in [0.25, 0.3) is 0 Å². The van der Waals surface area contributed by atoms with Gasteiger partial charge >= 0.3 is 0 Å². The van der Waals surface area contributed by atoms with Crippen molar-refractivity contribution in [1.29, 1.82) is 0 Å². The predicted molar refractivity (Wildman–Crippen MR) is 98.1 cm³/mol. The topological polar surface area (TPSA) is 64.7 Å². The highest BCUT2D eigenvalue weighted by molar-refractivity contribution is 6.31. The van der Waals surface area contributed by atoms with E-state index in [1.807, 2.05) is 24.3 Å². The summed E-state index contributed by atoms with van der Waals surface area (Å²) >= 11 is 11.9. The normalized spacial score (nSPS) is 12.2. The van der Waals surface area contributed by atoms with Crippen molar-refractivity contribution in [3.63, 3.8) is 0 Å². The molecule has 2 aromatic heterocycles. The Hall–Kier alpha value is -2.31. The number of hydrogen-bond donors (Lipinski definition) is 1. The number of aromatic nitrogens is 4. The fourth-order valence-electron chi connectivity index (χ4n) is 2.38. The van der Waals surface area contributed by atoms with Gasteiger partial charge in [0, 0.05) is 18.1 Å². The van der Waals surface area contributed by atoms with E-state index in [-0.39, 0.29) is 5.91 Å². The van der Waals surface area contributed by atoms with Crippen LogP contribution in [-0.4, -0.2) is 25.5 Å². The second-order valence-electron chi connectivity index (χ2n) is 5.76. The van der Waals surface area contributed by atoms with E-state index in [0.717, 1.165) is 5.56 Å². The van der Waals surface area contributed by atoms with Crippen molar-refractivity contribution in [2.75, 3.05) is 5.32 Å². The molecular weight excluding hydrogens is 361 g/mol. The van der Waals surface area contributed by atoms with Gasteiger partial charge in [-0.2, -0.15) is 10.2 Å². The van der Waals surface area contributed by atoms with Crippen LogP contribution in [0.5, 0.6) is 0 Å². The minimum absolute atomic E-state index is 0.168. The molecule has 3 aromatic rings. The Morgan fingerprint density at radius 3 is 2.76 bits per heavy atom. The molecule has 0 aliphatic rings. The van der Waals surface area contributed by atoms with Crippen LogP contribution < -0.4 is 5.32 Å². The van der Waals surface area contributed by atoms with E-state index in [4.69, 9.17) is 23.2 Å². The number of benzene rings is 1. The number of nitrogens with one attached hydrogen (secondary N) is 1. The molecule has 130 valence electrons. The summed E-state index contributed by atoms with van der Waals surface area (Å²) in [4.78, 5) is 12.5. The van der Waals surface area contributed by atoms with Gasteiger partial charge < -0.3 is 5.32 Å². The molecule has 0 bridgehead atoms. The molecule has 1 atom stereocenters. The maximum Gasteiger partial charge on any atom is 0.248 e. The molecule has 6 nitrogen and oxygen atoms in total. The third kappa shape index (κ3) is 4.21. The van der Waals surface area contributed by atoms with Crippen molar-refractivity contribution in [2.45, 2.75) is 26.4 Å². The summed E-state index contributed by atoms with van der Waals surface area (Å²) in [7, 11) is 0. The summed E-state index contributed by atoms with van der Waals surface area (Å²) in [5.74, 6) is -0.168. The Bertz CT molecular complexity index is 883. The Morgan fingerprint density at radius 2 is 2.12 bits per heavy atom. The van der Waals surface area contributed by atoms with Crippen LogP contribution in [0.2, 0.25) is 10.0 Å². The first-order valence-electron chi connectivity index (χ1n) is 7.71. The van der Waals surface area contributed by atoms with Crippen LogP contribution in [0.25, 0.3) is 0 Å². The third-order valence-corrected chi connectivity index (χ3v) is 4.34. The fraction of sp³-hybridized carbons (Fsp3) is 0.235. The molecule has 1 N–H and O–H groups in total. The monoisotopic (exact) mass is 377 g/mol. The Balaban J connectivity index is 1.69. The molecule has 0 saturated heterocycles. The maximum absolute atomic E-state index is 12.5. The van der Waals surface area contributed by atoms with Crippen LogP contribution in [0, 0.1) is 6.92 Å². The van der Waals surface area contributed by atoms with E-state index < -0.39 is 6.04 Å². The SMILES string of the molecule is Cc1nn(C(C)C(=O)Nc2cccc(Cn3cc(Cl)cn3)c2)cc1Cl. The number of halogens is 2. The van der Waals surface area contributed by atoms with Crippen molar-refractivity contribution in [2.24, 2.45) is 0 Å². The second-order valence-corrected chi connectivity index (χ2v) is 6.61. The zero-order valence-corrected chi connectivity index (χ0v) is 15.3. The molecule has 1 amide bonds. The highest BCUT2D eigenvalue weighted by atomic mass is 35.5. The lowest BCUT2D eigenvalue weighted by Gasteiger charge is -2.13. The van der Waals surface area contributed by atoms with Gasteiger partial charge in [-0.15, -0.1) is 0 Å². The largest absolute Gasteiger partial charge is 0.324 e. The van der Waals surface area contributed by atoms with Gasteiger partial charge in [-0.1, -0.05) is 35.3 Å². The lowest BCUT2D eigenvalue weighted by atomic mass is 10.2. The number of rotatable bonds is 5. The number of anilines is 1. The average molecular weight is 378 g/mol. The standard InChI is InChI=1S/C17H17Cl2N5O/c1-11-16(19)10-24(22-11)12(2)17(25)21-15-5-3-4-13(6-15)8-23-9-14(18)7-20-23/h3-7,9-10,12H,8H2,1-2H3,(H,21,25). The molecule has 0 radical (unpaired) electrons. The summed E-state index contributed by atoms with van der Waals surface area (Å²) < 4.78 is 3.29. The molecule has 1 unspecified atom stereocenters. The van der Waals surface area contributed by atoms with Gasteiger partial charge in [0.2, 0.25) is 5.91 Å². The van der Waals surface area contributed by atoms with Crippen molar-refractivity contribution in [3.8, 4) is 0 Å². The lowest BCUT2D eigenvalue weighted by molar-refractivity contribution is -0.119.